The molecule has 0 heterocycles. The summed E-state index contributed by atoms with van der Waals surface area (Å²) in [4.78, 5) is 12.4. The second-order valence-electron chi connectivity index (χ2n) is 6.54. The fourth-order valence-electron chi connectivity index (χ4n) is 3.35. The zero-order valence-corrected chi connectivity index (χ0v) is 11.9. The van der Waals surface area contributed by atoms with Gasteiger partial charge >= 0.3 is 0 Å². The predicted molar refractivity (Wildman–Crippen MR) is 82.3 cm³/mol. The molecule has 0 aliphatic heterocycles. The zero-order chi connectivity index (χ0) is 14.4. The van der Waals surface area contributed by atoms with Gasteiger partial charge in [0.2, 0.25) is 0 Å². The molecule has 2 aliphatic rings. The van der Waals surface area contributed by atoms with Crippen molar-refractivity contribution in [2.45, 2.75) is 25.7 Å². The maximum Gasteiger partial charge on any atom is 0.255 e. The number of carbonyl (C=O) groups is 1. The van der Waals surface area contributed by atoms with Crippen molar-refractivity contribution in [3.63, 3.8) is 0 Å². The number of phenolic OH excluding ortho intramolecular Hbond substituents is 1. The Morgan fingerprint density at radius 2 is 1.86 bits per heavy atom. The Morgan fingerprint density at radius 3 is 2.48 bits per heavy atom. The molecule has 4 rings (SSSR count). The lowest BCUT2D eigenvalue weighted by atomic mass is 10.0. The first-order chi connectivity index (χ1) is 10.2. The lowest BCUT2D eigenvalue weighted by molar-refractivity contribution is 0.0940. The van der Waals surface area contributed by atoms with Gasteiger partial charge in [0.15, 0.2) is 0 Å². The second kappa shape index (κ2) is 4.48. The Bertz CT molecular complexity index is 714. The molecule has 2 aromatic rings. The van der Waals surface area contributed by atoms with Crippen LogP contribution < -0.4 is 5.32 Å². The van der Waals surface area contributed by atoms with E-state index < -0.39 is 0 Å². The zero-order valence-electron chi connectivity index (χ0n) is 11.9. The number of carbonyl (C=O) groups excluding carboxylic acids is 1. The van der Waals surface area contributed by atoms with E-state index in [1.165, 1.54) is 25.7 Å². The summed E-state index contributed by atoms with van der Waals surface area (Å²) in [6.45, 7) is 0.753. The van der Waals surface area contributed by atoms with Gasteiger partial charge in [0.1, 0.15) is 5.75 Å². The summed E-state index contributed by atoms with van der Waals surface area (Å²) in [5.74, 6) is 0.718. The maximum atomic E-state index is 12.4. The van der Waals surface area contributed by atoms with Crippen LogP contribution in [0.3, 0.4) is 0 Å². The Labute approximate surface area is 124 Å². The van der Waals surface area contributed by atoms with Crippen molar-refractivity contribution in [2.75, 3.05) is 6.54 Å². The van der Waals surface area contributed by atoms with Gasteiger partial charge in [-0.15, -0.1) is 0 Å². The van der Waals surface area contributed by atoms with Crippen molar-refractivity contribution < 1.29 is 9.90 Å². The van der Waals surface area contributed by atoms with Crippen molar-refractivity contribution >= 4 is 16.7 Å². The molecule has 0 spiro atoms. The van der Waals surface area contributed by atoms with Crippen LogP contribution in [0.4, 0.5) is 0 Å². The van der Waals surface area contributed by atoms with Gasteiger partial charge in [0.05, 0.1) is 5.56 Å². The fraction of sp³-hybridized carbons (Fsp3) is 0.389. The molecule has 108 valence electrons. The highest BCUT2D eigenvalue weighted by Crippen LogP contribution is 2.60. The molecule has 21 heavy (non-hydrogen) atoms. The minimum atomic E-state index is -0.162. The first-order valence-corrected chi connectivity index (χ1v) is 7.68. The van der Waals surface area contributed by atoms with Crippen molar-refractivity contribution in [3.8, 4) is 5.75 Å². The Balaban J connectivity index is 1.54. The predicted octanol–water partition coefficient (Wildman–Crippen LogP) is 3.47. The third-order valence-electron chi connectivity index (χ3n) is 5.05. The van der Waals surface area contributed by atoms with Gasteiger partial charge in [-0.25, -0.2) is 0 Å². The van der Waals surface area contributed by atoms with Crippen molar-refractivity contribution in [1.82, 2.24) is 5.32 Å². The highest BCUT2D eigenvalue weighted by atomic mass is 16.3. The van der Waals surface area contributed by atoms with Gasteiger partial charge in [-0.2, -0.15) is 0 Å². The third kappa shape index (κ3) is 2.27. The molecule has 0 aromatic heterocycles. The fourth-order valence-corrected chi connectivity index (χ4v) is 3.35. The number of nitrogens with one attached hydrogen (secondary N) is 1. The first kappa shape index (κ1) is 12.7. The SMILES string of the molecule is O=C(NCC1(C2CC2)CC1)c1cc2ccccc2cc1O. The van der Waals surface area contributed by atoms with Crippen LogP contribution in [0.5, 0.6) is 5.75 Å². The van der Waals surface area contributed by atoms with Gasteiger partial charge in [-0.3, -0.25) is 4.79 Å². The monoisotopic (exact) mass is 281 g/mol. The lowest BCUT2D eigenvalue weighted by Gasteiger charge is -2.15. The molecule has 3 heteroatoms. The topological polar surface area (TPSA) is 49.3 Å². The Morgan fingerprint density at radius 1 is 1.19 bits per heavy atom. The standard InChI is InChI=1S/C18H19NO2/c20-16-10-13-4-2-1-3-12(13)9-15(16)17(21)19-11-18(7-8-18)14-5-6-14/h1-4,9-10,14,20H,5-8,11H2,(H,19,21). The van der Waals surface area contributed by atoms with Crippen molar-refractivity contribution in [3.05, 3.63) is 42.0 Å². The van der Waals surface area contributed by atoms with E-state index in [4.69, 9.17) is 0 Å². The number of hydrogen-bond acceptors (Lipinski definition) is 2. The number of amides is 1. The molecule has 0 bridgehead atoms. The van der Waals surface area contributed by atoms with Gasteiger partial charge < -0.3 is 10.4 Å². The molecule has 2 N–H and O–H groups in total. The Hall–Kier alpha value is -2.03. The summed E-state index contributed by atoms with van der Waals surface area (Å²) < 4.78 is 0. The Kier molecular flexibility index (Phi) is 2.71. The number of benzene rings is 2. The molecular weight excluding hydrogens is 262 g/mol. The number of fused-ring (bicyclic) bond motifs is 1. The molecule has 2 fully saturated rings. The van der Waals surface area contributed by atoms with Gasteiger partial charge in [-0.1, -0.05) is 24.3 Å². The van der Waals surface area contributed by atoms with E-state index in [0.717, 1.165) is 23.2 Å². The van der Waals surface area contributed by atoms with E-state index in [1.807, 2.05) is 24.3 Å². The van der Waals surface area contributed by atoms with Crippen LogP contribution >= 0.6 is 0 Å². The van der Waals surface area contributed by atoms with Gasteiger partial charge in [-0.05, 0) is 59.9 Å². The largest absolute Gasteiger partial charge is 0.507 e. The summed E-state index contributed by atoms with van der Waals surface area (Å²) >= 11 is 0. The van der Waals surface area contributed by atoms with Crippen LogP contribution in [0.15, 0.2) is 36.4 Å². The number of rotatable bonds is 4. The highest BCUT2D eigenvalue weighted by molar-refractivity contribution is 6.01. The summed E-state index contributed by atoms with van der Waals surface area (Å²) in [6.07, 6.45) is 5.11. The first-order valence-electron chi connectivity index (χ1n) is 7.68. The van der Waals surface area contributed by atoms with E-state index in [-0.39, 0.29) is 11.7 Å². The maximum absolute atomic E-state index is 12.4. The number of aromatic hydroxyl groups is 1. The summed E-state index contributed by atoms with van der Waals surface area (Å²) in [5, 5.41) is 15.0. The molecule has 0 atom stereocenters. The van der Waals surface area contributed by atoms with Crippen molar-refractivity contribution in [2.24, 2.45) is 11.3 Å². The molecule has 2 saturated carbocycles. The van der Waals surface area contributed by atoms with E-state index in [0.29, 0.717) is 11.0 Å². The number of phenols is 1. The van der Waals surface area contributed by atoms with Crippen LogP contribution in [0.2, 0.25) is 0 Å². The summed E-state index contributed by atoms with van der Waals surface area (Å²) in [5.41, 5.74) is 0.752. The average molecular weight is 281 g/mol. The summed E-state index contributed by atoms with van der Waals surface area (Å²) in [6, 6.07) is 11.2. The quantitative estimate of drug-likeness (QED) is 0.901. The highest BCUT2D eigenvalue weighted by Gasteiger charge is 2.53. The summed E-state index contributed by atoms with van der Waals surface area (Å²) in [7, 11) is 0. The molecule has 2 aromatic carbocycles. The van der Waals surface area contributed by atoms with Crippen LogP contribution in [-0.2, 0) is 0 Å². The molecule has 1 amide bonds. The molecule has 0 saturated heterocycles. The number of hydrogen-bond donors (Lipinski definition) is 2. The molecule has 0 radical (unpaired) electrons. The molecule has 0 unspecified atom stereocenters. The molecular formula is C18H19NO2. The van der Waals surface area contributed by atoms with Gasteiger partial charge in [0, 0.05) is 6.54 Å². The molecule has 3 nitrogen and oxygen atoms in total. The van der Waals surface area contributed by atoms with E-state index in [1.54, 1.807) is 12.1 Å². The van der Waals surface area contributed by atoms with Crippen LogP contribution in [-0.4, -0.2) is 17.6 Å². The lowest BCUT2D eigenvalue weighted by Crippen LogP contribution is -2.31. The van der Waals surface area contributed by atoms with Crippen LogP contribution in [0.1, 0.15) is 36.0 Å². The van der Waals surface area contributed by atoms with E-state index in [2.05, 4.69) is 5.32 Å². The second-order valence-corrected chi connectivity index (χ2v) is 6.54. The van der Waals surface area contributed by atoms with E-state index >= 15 is 0 Å². The normalized spacial score (nSPS) is 19.4. The van der Waals surface area contributed by atoms with Crippen LogP contribution in [0, 0.1) is 11.3 Å². The minimum Gasteiger partial charge on any atom is -0.507 e. The van der Waals surface area contributed by atoms with Crippen LogP contribution in [0.25, 0.3) is 10.8 Å². The smallest absolute Gasteiger partial charge is 0.255 e. The minimum absolute atomic E-state index is 0.0578. The average Bonchev–Trinajstić information content (AvgIpc) is 3.37. The third-order valence-corrected chi connectivity index (χ3v) is 5.05. The van der Waals surface area contributed by atoms with Crippen molar-refractivity contribution in [1.29, 1.82) is 0 Å². The van der Waals surface area contributed by atoms with Gasteiger partial charge in [0.25, 0.3) is 5.91 Å². The molecule has 2 aliphatic carbocycles. The van der Waals surface area contributed by atoms with E-state index in [9.17, 15) is 9.90 Å².